The second-order valence-electron chi connectivity index (χ2n) is 6.25. The first-order chi connectivity index (χ1) is 13.3. The number of H-pyrrole nitrogens is 1. The van der Waals surface area contributed by atoms with Gasteiger partial charge in [-0.1, -0.05) is 43.3 Å². The summed E-state index contributed by atoms with van der Waals surface area (Å²) < 4.78 is 0. The fraction of sp³-hybridized carbons (Fsp3) is 0.0909. The highest BCUT2D eigenvalue weighted by molar-refractivity contribution is 6.10. The number of nitrogens with one attached hydrogen (secondary N) is 3. The van der Waals surface area contributed by atoms with Gasteiger partial charge in [0.05, 0.1) is 11.4 Å². The molecular weight excluding hydrogens is 336 g/mol. The fourth-order valence-corrected chi connectivity index (χ4v) is 3.22. The molecule has 5 nitrogen and oxygen atoms in total. The van der Waals surface area contributed by atoms with E-state index in [0.29, 0.717) is 0 Å². The van der Waals surface area contributed by atoms with Crippen molar-refractivity contribution in [2.24, 2.45) is 0 Å². The molecule has 0 spiro atoms. The van der Waals surface area contributed by atoms with Crippen LogP contribution in [0, 0.1) is 0 Å². The van der Waals surface area contributed by atoms with Gasteiger partial charge in [0.2, 0.25) is 0 Å². The smallest absolute Gasteiger partial charge is 0.323 e. The lowest BCUT2D eigenvalue weighted by atomic mass is 10.1. The predicted octanol–water partition coefficient (Wildman–Crippen LogP) is 5.44. The molecule has 0 unspecified atom stereocenters. The third kappa shape index (κ3) is 3.40. The Labute approximate surface area is 157 Å². The van der Waals surface area contributed by atoms with E-state index in [1.54, 1.807) is 12.4 Å². The molecule has 2 aromatic carbocycles. The maximum Gasteiger partial charge on any atom is 0.323 e. The summed E-state index contributed by atoms with van der Waals surface area (Å²) in [4.78, 5) is 20.3. The molecule has 0 radical (unpaired) electrons. The number of nitrogens with zero attached hydrogens (tertiary/aromatic N) is 1. The molecule has 0 saturated heterocycles. The third-order valence-electron chi connectivity index (χ3n) is 4.54. The van der Waals surface area contributed by atoms with Gasteiger partial charge in [-0.15, -0.1) is 0 Å². The second-order valence-corrected chi connectivity index (χ2v) is 6.25. The van der Waals surface area contributed by atoms with Gasteiger partial charge in [0.15, 0.2) is 0 Å². The van der Waals surface area contributed by atoms with Crippen LogP contribution in [-0.2, 0) is 6.42 Å². The first kappa shape index (κ1) is 16.8. The Kier molecular flexibility index (Phi) is 4.58. The monoisotopic (exact) mass is 356 g/mol. The Morgan fingerprint density at radius 3 is 2.63 bits per heavy atom. The lowest BCUT2D eigenvalue weighted by Gasteiger charge is -2.12. The summed E-state index contributed by atoms with van der Waals surface area (Å²) in [5.41, 5.74) is 5.37. The molecule has 0 bridgehead atoms. The molecule has 2 aromatic heterocycles. The maximum absolute atomic E-state index is 12.7. The molecule has 27 heavy (non-hydrogen) atoms. The Morgan fingerprint density at radius 1 is 1.00 bits per heavy atom. The van der Waals surface area contributed by atoms with Crippen LogP contribution in [0.15, 0.2) is 73.1 Å². The quantitative estimate of drug-likeness (QED) is 0.456. The number of aromatic amines is 1. The molecule has 0 atom stereocenters. The largest absolute Gasteiger partial charge is 0.353 e. The van der Waals surface area contributed by atoms with Gasteiger partial charge in [-0.05, 0) is 36.2 Å². The van der Waals surface area contributed by atoms with E-state index < -0.39 is 0 Å². The second kappa shape index (κ2) is 7.33. The van der Waals surface area contributed by atoms with E-state index in [2.05, 4.69) is 27.5 Å². The van der Waals surface area contributed by atoms with E-state index >= 15 is 0 Å². The van der Waals surface area contributed by atoms with Gasteiger partial charge in [0.1, 0.15) is 0 Å². The number of carbonyl (C=O) groups excluding carboxylic acids is 1. The molecule has 0 fully saturated rings. The Morgan fingerprint density at radius 2 is 1.81 bits per heavy atom. The summed E-state index contributed by atoms with van der Waals surface area (Å²) in [7, 11) is 0. The minimum atomic E-state index is -0.272. The van der Waals surface area contributed by atoms with E-state index in [9.17, 15) is 4.79 Å². The molecule has 0 aliphatic carbocycles. The van der Waals surface area contributed by atoms with Gasteiger partial charge >= 0.3 is 6.03 Å². The standard InChI is InChI=1S/C22H20N4O/c1-2-15-8-3-5-11-18(15)25-22(27)26-21-17-10-4-6-12-19(17)24-20(21)16-9-7-13-23-14-16/h3-14,24H,2H2,1H3,(H2,25,26,27). The fourth-order valence-electron chi connectivity index (χ4n) is 3.22. The highest BCUT2D eigenvalue weighted by Crippen LogP contribution is 2.34. The molecule has 4 aromatic rings. The number of amides is 2. The van der Waals surface area contributed by atoms with Gasteiger partial charge in [-0.3, -0.25) is 4.98 Å². The number of pyridine rings is 1. The van der Waals surface area contributed by atoms with Gasteiger partial charge in [0, 0.05) is 34.5 Å². The summed E-state index contributed by atoms with van der Waals surface area (Å²) in [5.74, 6) is 0. The highest BCUT2D eigenvalue weighted by atomic mass is 16.2. The summed E-state index contributed by atoms with van der Waals surface area (Å²) in [5, 5.41) is 6.94. The molecule has 3 N–H and O–H groups in total. The number of urea groups is 1. The van der Waals surface area contributed by atoms with Crippen molar-refractivity contribution in [3.63, 3.8) is 0 Å². The summed E-state index contributed by atoms with van der Waals surface area (Å²) in [6.45, 7) is 2.07. The van der Waals surface area contributed by atoms with Crippen molar-refractivity contribution in [3.05, 3.63) is 78.6 Å². The van der Waals surface area contributed by atoms with E-state index in [0.717, 1.165) is 45.5 Å². The number of para-hydroxylation sites is 2. The van der Waals surface area contributed by atoms with Crippen molar-refractivity contribution in [2.45, 2.75) is 13.3 Å². The first-order valence-electron chi connectivity index (χ1n) is 8.93. The van der Waals surface area contributed by atoms with Crippen LogP contribution in [0.25, 0.3) is 22.2 Å². The maximum atomic E-state index is 12.7. The molecule has 2 heterocycles. The molecule has 0 aliphatic rings. The first-order valence-corrected chi connectivity index (χ1v) is 8.93. The van der Waals surface area contributed by atoms with E-state index in [1.807, 2.05) is 60.7 Å². The van der Waals surface area contributed by atoms with Crippen LogP contribution in [0.1, 0.15) is 12.5 Å². The average Bonchev–Trinajstić information content (AvgIpc) is 3.07. The van der Waals surface area contributed by atoms with Gasteiger partial charge in [-0.25, -0.2) is 4.79 Å². The molecule has 4 rings (SSSR count). The van der Waals surface area contributed by atoms with E-state index in [-0.39, 0.29) is 6.03 Å². The summed E-state index contributed by atoms with van der Waals surface area (Å²) >= 11 is 0. The van der Waals surface area contributed by atoms with Crippen LogP contribution in [0.2, 0.25) is 0 Å². The van der Waals surface area contributed by atoms with Crippen molar-refractivity contribution in [1.29, 1.82) is 0 Å². The zero-order valence-corrected chi connectivity index (χ0v) is 15.0. The number of benzene rings is 2. The topological polar surface area (TPSA) is 69.8 Å². The van der Waals surface area contributed by atoms with Crippen molar-refractivity contribution in [2.75, 3.05) is 10.6 Å². The number of hydrogen-bond donors (Lipinski definition) is 3. The van der Waals surface area contributed by atoms with Crippen LogP contribution in [0.4, 0.5) is 16.2 Å². The van der Waals surface area contributed by atoms with Crippen molar-refractivity contribution >= 4 is 28.3 Å². The SMILES string of the molecule is CCc1ccccc1NC(=O)Nc1c(-c2cccnc2)[nH]c2ccccc12. The van der Waals surface area contributed by atoms with Crippen LogP contribution < -0.4 is 10.6 Å². The van der Waals surface area contributed by atoms with Crippen molar-refractivity contribution in [1.82, 2.24) is 9.97 Å². The van der Waals surface area contributed by atoms with Crippen LogP contribution in [-0.4, -0.2) is 16.0 Å². The molecule has 2 amide bonds. The summed E-state index contributed by atoms with van der Waals surface area (Å²) in [6.07, 6.45) is 4.36. The molecule has 134 valence electrons. The lowest BCUT2D eigenvalue weighted by Crippen LogP contribution is -2.20. The van der Waals surface area contributed by atoms with Crippen LogP contribution in [0.3, 0.4) is 0 Å². The summed E-state index contributed by atoms with van der Waals surface area (Å²) in [6, 6.07) is 19.3. The number of aryl methyl sites for hydroxylation is 1. The Bertz CT molecular complexity index is 1090. The number of fused-ring (bicyclic) bond motifs is 1. The Hall–Kier alpha value is -3.60. The van der Waals surface area contributed by atoms with Gasteiger partial charge < -0.3 is 15.6 Å². The third-order valence-corrected chi connectivity index (χ3v) is 4.54. The highest BCUT2D eigenvalue weighted by Gasteiger charge is 2.16. The Balaban J connectivity index is 1.70. The zero-order valence-electron chi connectivity index (χ0n) is 15.0. The number of anilines is 2. The predicted molar refractivity (Wildman–Crippen MR) is 110 cm³/mol. The van der Waals surface area contributed by atoms with E-state index in [1.165, 1.54) is 0 Å². The zero-order chi connectivity index (χ0) is 18.6. The van der Waals surface area contributed by atoms with Crippen LogP contribution in [0.5, 0.6) is 0 Å². The van der Waals surface area contributed by atoms with Crippen molar-refractivity contribution in [3.8, 4) is 11.3 Å². The van der Waals surface area contributed by atoms with Gasteiger partial charge in [-0.2, -0.15) is 0 Å². The lowest BCUT2D eigenvalue weighted by molar-refractivity contribution is 0.262. The van der Waals surface area contributed by atoms with Crippen LogP contribution >= 0.6 is 0 Å². The number of carbonyl (C=O) groups is 1. The van der Waals surface area contributed by atoms with E-state index in [4.69, 9.17) is 0 Å². The minimum Gasteiger partial charge on any atom is -0.353 e. The molecule has 0 saturated carbocycles. The number of rotatable bonds is 4. The number of hydrogen-bond acceptors (Lipinski definition) is 2. The van der Waals surface area contributed by atoms with Gasteiger partial charge in [0.25, 0.3) is 0 Å². The molecule has 5 heteroatoms. The number of aromatic nitrogens is 2. The minimum absolute atomic E-state index is 0.272. The van der Waals surface area contributed by atoms with Crippen molar-refractivity contribution < 1.29 is 4.79 Å². The molecule has 0 aliphatic heterocycles. The molecular formula is C22H20N4O. The normalized spacial score (nSPS) is 10.7. The average molecular weight is 356 g/mol.